The first-order chi connectivity index (χ1) is 22.7. The van der Waals surface area contributed by atoms with Gasteiger partial charge in [-0.05, 0) is 92.3 Å². The van der Waals surface area contributed by atoms with Crippen molar-refractivity contribution < 1.29 is 17.9 Å². The molecular weight excluding hydrogens is 600 g/mol. The van der Waals surface area contributed by atoms with Gasteiger partial charge >= 0.3 is 6.36 Å². The van der Waals surface area contributed by atoms with Crippen molar-refractivity contribution in [2.45, 2.75) is 77.6 Å². The van der Waals surface area contributed by atoms with Crippen LogP contribution in [0.4, 0.5) is 24.9 Å². The highest BCUT2D eigenvalue weighted by atomic mass is 19.4. The van der Waals surface area contributed by atoms with Crippen LogP contribution in [0.2, 0.25) is 0 Å². The second-order valence-corrected chi connectivity index (χ2v) is 13.6. The van der Waals surface area contributed by atoms with Gasteiger partial charge in [-0.2, -0.15) is 5.10 Å². The first kappa shape index (κ1) is 31.6. The van der Waals surface area contributed by atoms with E-state index in [-0.39, 0.29) is 5.75 Å². The average molecular weight is 642 g/mol. The third kappa shape index (κ3) is 7.00. The average Bonchev–Trinajstić information content (AvgIpc) is 3.58. The second-order valence-electron chi connectivity index (χ2n) is 13.6. The summed E-state index contributed by atoms with van der Waals surface area (Å²) in [6.45, 7) is 5.36. The number of benzene rings is 3. The van der Waals surface area contributed by atoms with Crippen LogP contribution in [0.15, 0.2) is 60.7 Å². The molecule has 245 valence electrons. The number of anilines is 2. The van der Waals surface area contributed by atoms with Crippen LogP contribution in [0.3, 0.4) is 0 Å². The van der Waals surface area contributed by atoms with Crippen molar-refractivity contribution in [3.8, 4) is 16.9 Å². The summed E-state index contributed by atoms with van der Waals surface area (Å²) >= 11 is 0. The highest BCUT2D eigenvalue weighted by Crippen LogP contribution is 2.45. The molecule has 2 saturated carbocycles. The molecule has 0 unspecified atom stereocenters. The Hall–Kier alpha value is -3.99. The normalized spacial score (nSPS) is 18.9. The van der Waals surface area contributed by atoms with Crippen LogP contribution in [0.25, 0.3) is 33.1 Å². The number of nitrogens with zero attached hydrogens (tertiary/aromatic N) is 3. The zero-order valence-electron chi connectivity index (χ0n) is 26.9. The highest BCUT2D eigenvalue weighted by Gasteiger charge is 2.34. The van der Waals surface area contributed by atoms with Crippen LogP contribution in [0, 0.1) is 17.8 Å². The van der Waals surface area contributed by atoms with E-state index >= 15 is 0 Å². The molecule has 0 saturated heterocycles. The van der Waals surface area contributed by atoms with E-state index in [1.165, 1.54) is 44.2 Å². The highest BCUT2D eigenvalue weighted by molar-refractivity contribution is 6.51. The lowest BCUT2D eigenvalue weighted by Crippen LogP contribution is -2.31. The molecule has 2 fully saturated rings. The van der Waals surface area contributed by atoms with Crippen LogP contribution >= 0.6 is 0 Å². The monoisotopic (exact) mass is 641 g/mol. The molecule has 0 bridgehead atoms. The Morgan fingerprint density at radius 1 is 0.979 bits per heavy atom. The van der Waals surface area contributed by atoms with Crippen LogP contribution in [0.5, 0.6) is 5.75 Å². The summed E-state index contributed by atoms with van der Waals surface area (Å²) in [5, 5.41) is 15.4. The van der Waals surface area contributed by atoms with E-state index in [1.807, 2.05) is 12.1 Å². The molecule has 0 amide bonds. The van der Waals surface area contributed by atoms with Crippen molar-refractivity contribution in [2.75, 3.05) is 11.9 Å². The first-order valence-corrected chi connectivity index (χ1v) is 16.9. The zero-order chi connectivity index (χ0) is 32.5. The molecule has 7 rings (SSSR count). The Balaban J connectivity index is 1.21. The molecule has 7 nitrogen and oxygen atoms in total. The number of halogens is 3. The minimum atomic E-state index is -4.79. The standard InChI is InChI=1S/C36H41BF3N6O/c1-22(2)18-19-41-37-26-13-17-32-31(21-26)42-35(46(32)27-14-10-24(11-15-27)23-6-5-7-23)43-34-29-20-25(12-16-30(29)44-45-34)28-8-3-4-9-33(28)47-36(38,39)40/h3-4,8-9,12-13,16-17,20-24,27,41H,5-7,10-11,14-15,18-19H2,1-2H3,(H2,42,43,44,45). The summed E-state index contributed by atoms with van der Waals surface area (Å²) in [4.78, 5) is 5.11. The third-order valence-corrected chi connectivity index (χ3v) is 9.99. The van der Waals surface area contributed by atoms with E-state index in [2.05, 4.69) is 69.5 Å². The first-order valence-electron chi connectivity index (χ1n) is 16.9. The number of hydrogen-bond acceptors (Lipinski definition) is 5. The van der Waals surface area contributed by atoms with Crippen molar-refractivity contribution >= 4 is 46.6 Å². The minimum absolute atomic E-state index is 0.247. The maximum atomic E-state index is 13.2. The lowest BCUT2D eigenvalue weighted by molar-refractivity contribution is -0.274. The second kappa shape index (κ2) is 13.3. The summed E-state index contributed by atoms with van der Waals surface area (Å²) in [5.41, 5.74) is 4.76. The zero-order valence-corrected chi connectivity index (χ0v) is 26.9. The number of imidazole rings is 1. The number of fused-ring (bicyclic) bond motifs is 2. The van der Waals surface area contributed by atoms with Crippen molar-refractivity contribution in [1.82, 2.24) is 25.0 Å². The molecule has 2 heterocycles. The van der Waals surface area contributed by atoms with Crippen LogP contribution in [0.1, 0.15) is 71.3 Å². The van der Waals surface area contributed by atoms with Gasteiger partial charge in [-0.15, -0.1) is 13.2 Å². The number of ether oxygens (including phenoxy) is 1. The van der Waals surface area contributed by atoms with Gasteiger partial charge in [-0.1, -0.05) is 68.9 Å². The molecular formula is C36H41BF3N6O. The van der Waals surface area contributed by atoms with Crippen molar-refractivity contribution in [2.24, 2.45) is 17.8 Å². The molecule has 5 aromatic rings. The lowest BCUT2D eigenvalue weighted by Gasteiger charge is -2.39. The van der Waals surface area contributed by atoms with Gasteiger partial charge in [0.1, 0.15) is 5.75 Å². The fourth-order valence-electron chi connectivity index (χ4n) is 7.27. The van der Waals surface area contributed by atoms with E-state index in [1.54, 1.807) is 18.2 Å². The predicted octanol–water partition coefficient (Wildman–Crippen LogP) is 8.63. The number of hydrogen-bond donors (Lipinski definition) is 3. The van der Waals surface area contributed by atoms with Gasteiger partial charge in [0.05, 0.1) is 16.6 Å². The number of para-hydroxylation sites is 1. The largest absolute Gasteiger partial charge is 0.573 e. The number of aromatic amines is 1. The number of rotatable bonds is 11. The molecule has 0 spiro atoms. The van der Waals surface area contributed by atoms with Crippen LogP contribution in [-0.2, 0) is 0 Å². The van der Waals surface area contributed by atoms with Gasteiger partial charge in [-0.3, -0.25) is 5.10 Å². The predicted molar refractivity (Wildman–Crippen MR) is 182 cm³/mol. The summed E-state index contributed by atoms with van der Waals surface area (Å²) in [6, 6.07) is 18.4. The molecule has 2 aromatic heterocycles. The number of aromatic nitrogens is 4. The summed E-state index contributed by atoms with van der Waals surface area (Å²) < 4.78 is 46.2. The maximum Gasteiger partial charge on any atom is 0.573 e. The van der Waals surface area contributed by atoms with E-state index in [4.69, 9.17) is 4.98 Å². The Bertz CT molecular complexity index is 1840. The Labute approximate surface area is 273 Å². The van der Waals surface area contributed by atoms with Crippen molar-refractivity contribution in [3.63, 3.8) is 0 Å². The lowest BCUT2D eigenvalue weighted by atomic mass is 9.69. The molecule has 3 N–H and O–H groups in total. The van der Waals surface area contributed by atoms with Gasteiger partial charge in [0.25, 0.3) is 0 Å². The molecule has 47 heavy (non-hydrogen) atoms. The molecule has 11 heteroatoms. The van der Waals surface area contributed by atoms with Crippen LogP contribution in [-0.4, -0.2) is 40.1 Å². The SMILES string of the molecule is CC(C)CCN[B]c1ccc2c(c1)nc(Nc1n[nH]c3ccc(-c4ccccc4OC(F)(F)F)cc13)n2C1CCC(C2CCC2)CC1. The van der Waals surface area contributed by atoms with Gasteiger partial charge in [0.2, 0.25) is 13.4 Å². The molecule has 2 aliphatic carbocycles. The molecule has 2 aliphatic rings. The van der Waals surface area contributed by atoms with E-state index in [0.29, 0.717) is 28.9 Å². The molecule has 0 atom stereocenters. The van der Waals surface area contributed by atoms with Gasteiger partial charge in [0, 0.05) is 17.0 Å². The fraction of sp³-hybridized carbons (Fsp3) is 0.444. The number of nitrogens with one attached hydrogen (secondary N) is 3. The smallest absolute Gasteiger partial charge is 0.405 e. The number of H-pyrrole nitrogens is 1. The Morgan fingerprint density at radius 2 is 1.77 bits per heavy atom. The summed E-state index contributed by atoms with van der Waals surface area (Å²) in [6.07, 6.45) is 5.11. The van der Waals surface area contributed by atoms with Gasteiger partial charge in [-0.25, -0.2) is 4.98 Å². The Kier molecular flexibility index (Phi) is 8.92. The maximum absolute atomic E-state index is 13.2. The van der Waals surface area contributed by atoms with Crippen LogP contribution < -0.4 is 20.7 Å². The van der Waals surface area contributed by atoms with E-state index in [9.17, 15) is 13.2 Å². The van der Waals surface area contributed by atoms with Crippen molar-refractivity contribution in [1.29, 1.82) is 0 Å². The van der Waals surface area contributed by atoms with Crippen molar-refractivity contribution in [3.05, 3.63) is 60.7 Å². The van der Waals surface area contributed by atoms with Gasteiger partial charge < -0.3 is 19.8 Å². The van der Waals surface area contributed by atoms with E-state index < -0.39 is 6.36 Å². The Morgan fingerprint density at radius 3 is 2.51 bits per heavy atom. The van der Waals surface area contributed by atoms with Gasteiger partial charge in [0.15, 0.2) is 5.82 Å². The van der Waals surface area contributed by atoms with E-state index in [0.717, 1.165) is 71.0 Å². The number of alkyl halides is 3. The fourth-order valence-corrected chi connectivity index (χ4v) is 7.27. The molecule has 3 aromatic carbocycles. The quantitative estimate of drug-likeness (QED) is 0.0994. The third-order valence-electron chi connectivity index (χ3n) is 9.99. The molecule has 1 radical (unpaired) electrons. The topological polar surface area (TPSA) is 79.8 Å². The molecule has 0 aliphatic heterocycles. The minimum Gasteiger partial charge on any atom is -0.405 e. The summed E-state index contributed by atoms with van der Waals surface area (Å²) in [7, 11) is 2.06. The summed E-state index contributed by atoms with van der Waals surface area (Å²) in [5.74, 6) is 3.39.